The third-order valence-electron chi connectivity index (χ3n) is 5.06. The van der Waals surface area contributed by atoms with Crippen LogP contribution in [0.3, 0.4) is 0 Å². The van der Waals surface area contributed by atoms with Crippen LogP contribution in [0.5, 0.6) is 0 Å². The summed E-state index contributed by atoms with van der Waals surface area (Å²) in [6.45, 7) is 10.8. The van der Waals surface area contributed by atoms with Gasteiger partial charge < -0.3 is 9.73 Å². The molecule has 1 unspecified atom stereocenters. The van der Waals surface area contributed by atoms with Crippen molar-refractivity contribution in [1.82, 2.24) is 10.2 Å². The Balaban J connectivity index is 1.64. The van der Waals surface area contributed by atoms with Gasteiger partial charge in [0.25, 0.3) is 0 Å². The molecule has 1 N–H and O–H groups in total. The van der Waals surface area contributed by atoms with Crippen LogP contribution in [0.15, 0.2) is 34.9 Å². The smallest absolute Gasteiger partial charge is 0.122 e. The van der Waals surface area contributed by atoms with Gasteiger partial charge in [-0.25, -0.2) is 0 Å². The molecule has 0 radical (unpaired) electrons. The molecule has 3 rings (SSSR count). The fraction of sp³-hybridized carbons (Fsp3) is 0.500. The zero-order valence-corrected chi connectivity index (χ0v) is 14.6. The maximum Gasteiger partial charge on any atom is 0.122 e. The third kappa shape index (κ3) is 3.85. The van der Waals surface area contributed by atoms with Crippen LogP contribution in [0, 0.1) is 20.8 Å². The van der Waals surface area contributed by atoms with E-state index in [1.54, 1.807) is 6.26 Å². The van der Waals surface area contributed by atoms with Crippen molar-refractivity contribution in [1.29, 1.82) is 0 Å². The summed E-state index contributed by atoms with van der Waals surface area (Å²) < 4.78 is 5.69. The average Bonchev–Trinajstić information content (AvgIpc) is 3.21. The molecule has 0 spiro atoms. The van der Waals surface area contributed by atoms with Gasteiger partial charge in [0, 0.05) is 13.1 Å². The Morgan fingerprint density at radius 1 is 1.09 bits per heavy atom. The summed E-state index contributed by atoms with van der Waals surface area (Å²) >= 11 is 0. The normalized spacial score (nSPS) is 16.8. The highest BCUT2D eigenvalue weighted by atomic mass is 16.3. The molecule has 2 aromatic rings. The Bertz CT molecular complexity index is 627. The highest BCUT2D eigenvalue weighted by Gasteiger charge is 2.25. The number of benzene rings is 1. The lowest BCUT2D eigenvalue weighted by atomic mass is 10.0. The number of hydrogen-bond acceptors (Lipinski definition) is 3. The second-order valence-corrected chi connectivity index (χ2v) is 6.77. The lowest BCUT2D eigenvalue weighted by Crippen LogP contribution is -2.33. The minimum absolute atomic E-state index is 0.347. The van der Waals surface area contributed by atoms with E-state index in [-0.39, 0.29) is 0 Å². The standard InChI is InChI=1S/C20H28N2O/c1-15-11-17(3)18(12-16(15)2)13-21-14-19(20-7-6-10-23-20)22-8-4-5-9-22/h6-7,10-12,19,21H,4-5,8-9,13-14H2,1-3H3. The first-order valence-electron chi connectivity index (χ1n) is 8.70. The molecule has 3 nitrogen and oxygen atoms in total. The predicted octanol–water partition coefficient (Wildman–Crippen LogP) is 4.13. The van der Waals surface area contributed by atoms with Crippen LogP contribution < -0.4 is 5.32 Å². The molecule has 1 aliphatic heterocycles. The number of furan rings is 1. The van der Waals surface area contributed by atoms with E-state index in [2.05, 4.69) is 49.2 Å². The summed E-state index contributed by atoms with van der Waals surface area (Å²) in [5.41, 5.74) is 5.51. The Kier molecular flexibility index (Phi) is 5.19. The van der Waals surface area contributed by atoms with E-state index in [0.717, 1.165) is 18.8 Å². The van der Waals surface area contributed by atoms with E-state index in [1.807, 2.05) is 6.07 Å². The topological polar surface area (TPSA) is 28.4 Å². The van der Waals surface area contributed by atoms with Crippen molar-refractivity contribution < 1.29 is 4.42 Å². The van der Waals surface area contributed by atoms with E-state index < -0.39 is 0 Å². The number of nitrogens with zero attached hydrogens (tertiary/aromatic N) is 1. The zero-order chi connectivity index (χ0) is 16.2. The minimum atomic E-state index is 0.347. The third-order valence-corrected chi connectivity index (χ3v) is 5.06. The van der Waals surface area contributed by atoms with Crippen LogP contribution in [0.25, 0.3) is 0 Å². The quantitative estimate of drug-likeness (QED) is 0.869. The van der Waals surface area contributed by atoms with Crippen LogP contribution in [0.2, 0.25) is 0 Å². The number of nitrogens with one attached hydrogen (secondary N) is 1. The van der Waals surface area contributed by atoms with E-state index >= 15 is 0 Å². The second-order valence-electron chi connectivity index (χ2n) is 6.77. The van der Waals surface area contributed by atoms with Crippen molar-refractivity contribution >= 4 is 0 Å². The Hall–Kier alpha value is -1.58. The van der Waals surface area contributed by atoms with Gasteiger partial charge in [0.05, 0.1) is 12.3 Å². The number of likely N-dealkylation sites (tertiary alicyclic amines) is 1. The molecular weight excluding hydrogens is 284 g/mol. The predicted molar refractivity (Wildman–Crippen MR) is 94.6 cm³/mol. The van der Waals surface area contributed by atoms with Gasteiger partial charge in [-0.3, -0.25) is 4.90 Å². The van der Waals surface area contributed by atoms with Gasteiger partial charge in [-0.05, 0) is 81.1 Å². The minimum Gasteiger partial charge on any atom is -0.468 e. The molecule has 3 heteroatoms. The highest BCUT2D eigenvalue weighted by molar-refractivity contribution is 5.36. The summed E-state index contributed by atoms with van der Waals surface area (Å²) in [5, 5.41) is 3.65. The molecule has 1 aliphatic rings. The van der Waals surface area contributed by atoms with Crippen molar-refractivity contribution in [3.8, 4) is 0 Å². The molecule has 0 bridgehead atoms. The first-order chi connectivity index (χ1) is 11.1. The van der Waals surface area contributed by atoms with Crippen molar-refractivity contribution in [2.75, 3.05) is 19.6 Å². The molecule has 0 aliphatic carbocycles. The van der Waals surface area contributed by atoms with Gasteiger partial charge in [0.1, 0.15) is 5.76 Å². The van der Waals surface area contributed by atoms with Gasteiger partial charge in [-0.15, -0.1) is 0 Å². The first-order valence-corrected chi connectivity index (χ1v) is 8.70. The lowest BCUT2D eigenvalue weighted by molar-refractivity contribution is 0.209. The molecule has 23 heavy (non-hydrogen) atoms. The number of rotatable bonds is 6. The molecule has 124 valence electrons. The Morgan fingerprint density at radius 2 is 1.83 bits per heavy atom. The SMILES string of the molecule is Cc1cc(C)c(CNCC(c2ccco2)N2CCCC2)cc1C. The van der Waals surface area contributed by atoms with Gasteiger partial charge in [-0.1, -0.05) is 12.1 Å². The average molecular weight is 312 g/mol. The largest absolute Gasteiger partial charge is 0.468 e. The summed E-state index contributed by atoms with van der Waals surface area (Å²) in [5.74, 6) is 1.08. The van der Waals surface area contributed by atoms with Crippen LogP contribution in [-0.4, -0.2) is 24.5 Å². The van der Waals surface area contributed by atoms with Gasteiger partial charge in [-0.2, -0.15) is 0 Å². The molecule has 1 fully saturated rings. The van der Waals surface area contributed by atoms with Crippen LogP contribution >= 0.6 is 0 Å². The van der Waals surface area contributed by atoms with Gasteiger partial charge >= 0.3 is 0 Å². The van der Waals surface area contributed by atoms with Crippen molar-refractivity contribution in [2.24, 2.45) is 0 Å². The summed E-state index contributed by atoms with van der Waals surface area (Å²) in [6.07, 6.45) is 4.38. The maximum absolute atomic E-state index is 5.69. The molecule has 1 aromatic heterocycles. The van der Waals surface area contributed by atoms with Gasteiger partial charge in [0.2, 0.25) is 0 Å². The first kappa shape index (κ1) is 16.3. The zero-order valence-electron chi connectivity index (χ0n) is 14.6. The molecule has 2 heterocycles. The lowest BCUT2D eigenvalue weighted by Gasteiger charge is -2.26. The molecule has 0 saturated carbocycles. The summed E-state index contributed by atoms with van der Waals surface area (Å²) in [4.78, 5) is 2.54. The maximum atomic E-state index is 5.69. The second kappa shape index (κ2) is 7.33. The van der Waals surface area contributed by atoms with Crippen LogP contribution in [-0.2, 0) is 6.54 Å². The van der Waals surface area contributed by atoms with Crippen LogP contribution in [0.1, 0.15) is 46.9 Å². The Morgan fingerprint density at radius 3 is 2.52 bits per heavy atom. The molecule has 0 amide bonds. The molecule has 1 aromatic carbocycles. The highest BCUT2D eigenvalue weighted by Crippen LogP contribution is 2.25. The van der Waals surface area contributed by atoms with Gasteiger partial charge in [0.15, 0.2) is 0 Å². The van der Waals surface area contributed by atoms with E-state index in [0.29, 0.717) is 6.04 Å². The molecule has 1 atom stereocenters. The molecular formula is C20H28N2O. The van der Waals surface area contributed by atoms with E-state index in [4.69, 9.17) is 4.42 Å². The molecule has 1 saturated heterocycles. The number of aryl methyl sites for hydroxylation is 3. The van der Waals surface area contributed by atoms with Crippen molar-refractivity contribution in [3.05, 3.63) is 58.5 Å². The fourth-order valence-electron chi connectivity index (χ4n) is 3.50. The fourth-order valence-corrected chi connectivity index (χ4v) is 3.50. The monoisotopic (exact) mass is 312 g/mol. The van der Waals surface area contributed by atoms with Crippen molar-refractivity contribution in [2.45, 2.75) is 46.2 Å². The Labute approximate surface area is 139 Å². The summed E-state index contributed by atoms with van der Waals surface area (Å²) in [7, 11) is 0. The summed E-state index contributed by atoms with van der Waals surface area (Å²) in [6, 6.07) is 9.05. The van der Waals surface area contributed by atoms with Crippen molar-refractivity contribution in [3.63, 3.8) is 0 Å². The van der Waals surface area contributed by atoms with E-state index in [9.17, 15) is 0 Å². The van der Waals surface area contributed by atoms with Crippen LogP contribution in [0.4, 0.5) is 0 Å². The van der Waals surface area contributed by atoms with E-state index in [1.165, 1.54) is 48.2 Å². The number of hydrogen-bond donors (Lipinski definition) is 1.